The van der Waals surface area contributed by atoms with Crippen LogP contribution in [0.25, 0.3) is 0 Å². The lowest BCUT2D eigenvalue weighted by molar-refractivity contribution is 0.0108. The van der Waals surface area contributed by atoms with E-state index in [1.54, 1.807) is 0 Å². The van der Waals surface area contributed by atoms with Crippen LogP contribution in [-0.2, 0) is 4.74 Å². The molecular weight excluding hydrogens is 152 g/mol. The second-order valence-corrected chi connectivity index (χ2v) is 2.92. The summed E-state index contributed by atoms with van der Waals surface area (Å²) in [6.07, 6.45) is 1.59. The highest BCUT2D eigenvalue weighted by molar-refractivity contribution is 4.71. The van der Waals surface area contributed by atoms with Crippen LogP contribution in [0.1, 0.15) is 27.2 Å². The van der Waals surface area contributed by atoms with E-state index >= 15 is 0 Å². The average molecular weight is 174 g/mol. The van der Waals surface area contributed by atoms with E-state index < -0.39 is 0 Å². The van der Waals surface area contributed by atoms with Crippen LogP contribution in [-0.4, -0.2) is 37.4 Å². The van der Waals surface area contributed by atoms with Gasteiger partial charge in [-0.1, -0.05) is 13.8 Å². The maximum absolute atomic E-state index is 5.56. The van der Waals surface area contributed by atoms with Crippen molar-refractivity contribution in [2.45, 2.75) is 39.5 Å². The number of rotatable bonds is 2. The molecule has 1 aliphatic rings. The normalized spacial score (nSPS) is 29.8. The Morgan fingerprint density at radius 2 is 2.08 bits per heavy atom. The molecule has 1 rings (SSSR count). The monoisotopic (exact) mass is 174 g/mol. The molecular formula is C9H22N2O. The molecule has 0 bridgehead atoms. The summed E-state index contributed by atoms with van der Waals surface area (Å²) in [7, 11) is 2.07. The molecule has 0 aliphatic carbocycles. The van der Waals surface area contributed by atoms with Crippen LogP contribution < -0.4 is 5.73 Å². The number of hydrogen-bond donors (Lipinski definition) is 1. The second-order valence-electron chi connectivity index (χ2n) is 2.92. The Hall–Kier alpha value is -0.120. The van der Waals surface area contributed by atoms with Gasteiger partial charge in [0.25, 0.3) is 0 Å². The Morgan fingerprint density at radius 3 is 2.42 bits per heavy atom. The van der Waals surface area contributed by atoms with Gasteiger partial charge in [0.05, 0.1) is 6.10 Å². The van der Waals surface area contributed by atoms with Crippen molar-refractivity contribution in [3.05, 3.63) is 0 Å². The lowest BCUT2D eigenvalue weighted by atomic mass is 10.3. The van der Waals surface area contributed by atoms with Crippen LogP contribution >= 0.6 is 0 Å². The van der Waals surface area contributed by atoms with Crippen LogP contribution in [0.2, 0.25) is 0 Å². The quantitative estimate of drug-likeness (QED) is 0.679. The largest absolute Gasteiger partial charge is 0.359 e. The predicted octanol–water partition coefficient (Wildman–Crippen LogP) is 1.04. The van der Waals surface area contributed by atoms with E-state index in [2.05, 4.69) is 18.9 Å². The summed E-state index contributed by atoms with van der Waals surface area (Å²) in [6, 6.07) is 0. The number of nitrogens with two attached hydrogens (primary N) is 1. The van der Waals surface area contributed by atoms with E-state index in [9.17, 15) is 0 Å². The standard InChI is InChI=1S/C7H16N2O.C2H6/c1-6-5-9(2)7(10-6)3-4-8;1-2/h6-7H,3-5,8H2,1-2H3;1-2H3. The van der Waals surface area contributed by atoms with Crippen molar-refractivity contribution >= 4 is 0 Å². The smallest absolute Gasteiger partial charge is 0.112 e. The van der Waals surface area contributed by atoms with Crippen molar-refractivity contribution in [1.29, 1.82) is 0 Å². The fourth-order valence-electron chi connectivity index (χ4n) is 1.37. The summed E-state index contributed by atoms with van der Waals surface area (Å²) in [5.74, 6) is 0. The van der Waals surface area contributed by atoms with Gasteiger partial charge in [-0.05, 0) is 26.9 Å². The van der Waals surface area contributed by atoms with Gasteiger partial charge in [-0.25, -0.2) is 0 Å². The third-order valence-corrected chi connectivity index (χ3v) is 1.84. The highest BCUT2D eigenvalue weighted by atomic mass is 16.5. The molecule has 0 spiro atoms. The zero-order chi connectivity index (χ0) is 9.56. The van der Waals surface area contributed by atoms with E-state index in [0.29, 0.717) is 12.6 Å². The molecule has 0 saturated carbocycles. The zero-order valence-electron chi connectivity index (χ0n) is 8.71. The molecule has 2 atom stereocenters. The van der Waals surface area contributed by atoms with Crippen LogP contribution in [0.15, 0.2) is 0 Å². The third kappa shape index (κ3) is 3.52. The molecule has 2 N–H and O–H groups in total. The second kappa shape index (κ2) is 6.40. The first kappa shape index (κ1) is 11.9. The number of hydrogen-bond acceptors (Lipinski definition) is 3. The topological polar surface area (TPSA) is 38.5 Å². The summed E-state index contributed by atoms with van der Waals surface area (Å²) in [5.41, 5.74) is 5.41. The molecule has 1 heterocycles. The third-order valence-electron chi connectivity index (χ3n) is 1.84. The van der Waals surface area contributed by atoms with E-state index in [1.807, 2.05) is 13.8 Å². The summed E-state index contributed by atoms with van der Waals surface area (Å²) in [4.78, 5) is 2.21. The zero-order valence-corrected chi connectivity index (χ0v) is 8.71. The molecule has 0 aromatic carbocycles. The minimum Gasteiger partial charge on any atom is -0.359 e. The maximum atomic E-state index is 5.56. The average Bonchev–Trinajstić information content (AvgIpc) is 2.35. The van der Waals surface area contributed by atoms with E-state index in [4.69, 9.17) is 10.5 Å². The fraction of sp³-hybridized carbons (Fsp3) is 1.00. The molecule has 1 fully saturated rings. The Bertz CT molecular complexity index is 109. The van der Waals surface area contributed by atoms with Crippen LogP contribution in [0.3, 0.4) is 0 Å². The first-order valence-electron chi connectivity index (χ1n) is 4.80. The highest BCUT2D eigenvalue weighted by Gasteiger charge is 2.25. The molecule has 74 valence electrons. The van der Waals surface area contributed by atoms with Crippen molar-refractivity contribution in [1.82, 2.24) is 4.90 Å². The van der Waals surface area contributed by atoms with Crippen molar-refractivity contribution in [2.24, 2.45) is 5.73 Å². The van der Waals surface area contributed by atoms with Crippen LogP contribution in [0.4, 0.5) is 0 Å². The van der Waals surface area contributed by atoms with Crippen molar-refractivity contribution in [3.63, 3.8) is 0 Å². The molecule has 12 heavy (non-hydrogen) atoms. The van der Waals surface area contributed by atoms with E-state index in [0.717, 1.165) is 13.0 Å². The maximum Gasteiger partial charge on any atom is 0.112 e. The molecule has 1 saturated heterocycles. The summed E-state index contributed by atoms with van der Waals surface area (Å²) in [5, 5.41) is 0. The molecule has 0 aromatic rings. The fourth-order valence-corrected chi connectivity index (χ4v) is 1.37. The van der Waals surface area contributed by atoms with Gasteiger partial charge in [0, 0.05) is 6.54 Å². The minimum atomic E-state index is 0.264. The lowest BCUT2D eigenvalue weighted by Crippen LogP contribution is -2.28. The van der Waals surface area contributed by atoms with Gasteiger partial charge in [-0.3, -0.25) is 4.90 Å². The van der Waals surface area contributed by atoms with Gasteiger partial charge in [0.15, 0.2) is 0 Å². The lowest BCUT2D eigenvalue weighted by Gasteiger charge is -2.16. The van der Waals surface area contributed by atoms with Gasteiger partial charge in [-0.15, -0.1) is 0 Å². The molecule has 0 amide bonds. The number of nitrogens with zero attached hydrogens (tertiary/aromatic N) is 1. The van der Waals surface area contributed by atoms with Crippen LogP contribution in [0, 0.1) is 0 Å². The minimum absolute atomic E-state index is 0.264. The van der Waals surface area contributed by atoms with Gasteiger partial charge >= 0.3 is 0 Å². The summed E-state index contributed by atoms with van der Waals surface area (Å²) < 4.78 is 5.56. The Labute approximate surface area is 75.9 Å². The molecule has 3 nitrogen and oxygen atoms in total. The number of ether oxygens (including phenoxy) is 1. The Balaban J connectivity index is 0.000000561. The van der Waals surface area contributed by atoms with Gasteiger partial charge in [0.2, 0.25) is 0 Å². The Morgan fingerprint density at radius 1 is 1.50 bits per heavy atom. The first-order valence-corrected chi connectivity index (χ1v) is 4.80. The summed E-state index contributed by atoms with van der Waals surface area (Å²) in [6.45, 7) is 7.83. The van der Waals surface area contributed by atoms with Gasteiger partial charge < -0.3 is 10.5 Å². The molecule has 1 aliphatic heterocycles. The molecule has 3 heteroatoms. The highest BCUT2D eigenvalue weighted by Crippen LogP contribution is 2.15. The van der Waals surface area contributed by atoms with E-state index in [-0.39, 0.29) is 6.23 Å². The van der Waals surface area contributed by atoms with Crippen molar-refractivity contribution in [2.75, 3.05) is 20.1 Å². The predicted molar refractivity (Wildman–Crippen MR) is 52.0 cm³/mol. The molecule has 0 aromatic heterocycles. The van der Waals surface area contributed by atoms with Crippen molar-refractivity contribution in [3.8, 4) is 0 Å². The molecule has 2 unspecified atom stereocenters. The van der Waals surface area contributed by atoms with Gasteiger partial charge in [-0.2, -0.15) is 0 Å². The van der Waals surface area contributed by atoms with Crippen molar-refractivity contribution < 1.29 is 4.74 Å². The summed E-state index contributed by atoms with van der Waals surface area (Å²) >= 11 is 0. The SMILES string of the molecule is CC.CC1CN(C)C(CCN)O1. The van der Waals surface area contributed by atoms with Gasteiger partial charge in [0.1, 0.15) is 6.23 Å². The Kier molecular flexibility index (Phi) is 6.34. The first-order chi connectivity index (χ1) is 5.74. The number of likely N-dealkylation sites (N-methyl/N-ethyl adjacent to an activating group) is 1. The van der Waals surface area contributed by atoms with E-state index in [1.165, 1.54) is 0 Å². The van der Waals surface area contributed by atoms with Crippen LogP contribution in [0.5, 0.6) is 0 Å². The molecule has 0 radical (unpaired) electrons.